The van der Waals surface area contributed by atoms with Crippen LogP contribution in [0.4, 0.5) is 0 Å². The highest BCUT2D eigenvalue weighted by molar-refractivity contribution is 5.98. The first-order valence-electron chi connectivity index (χ1n) is 7.36. The van der Waals surface area contributed by atoms with Crippen LogP contribution in [0.5, 0.6) is 0 Å². The number of hydrogen-bond donors (Lipinski definition) is 0. The van der Waals surface area contributed by atoms with Gasteiger partial charge in [0.2, 0.25) is 0 Å². The molecule has 0 aliphatic rings. The van der Waals surface area contributed by atoms with Gasteiger partial charge in [0.15, 0.2) is 5.78 Å². The van der Waals surface area contributed by atoms with Crippen LogP contribution in [-0.4, -0.2) is 20.8 Å². The molecule has 4 heteroatoms. The van der Waals surface area contributed by atoms with E-state index in [9.17, 15) is 4.79 Å². The van der Waals surface area contributed by atoms with Crippen LogP contribution in [0.3, 0.4) is 0 Å². The predicted molar refractivity (Wildman–Crippen MR) is 85.6 cm³/mol. The van der Waals surface area contributed by atoms with Gasteiger partial charge in [0.05, 0.1) is 6.20 Å². The molecule has 0 spiro atoms. The van der Waals surface area contributed by atoms with Gasteiger partial charge < -0.3 is 0 Å². The summed E-state index contributed by atoms with van der Waals surface area (Å²) < 4.78 is 1.66. The van der Waals surface area contributed by atoms with Gasteiger partial charge in [0.1, 0.15) is 11.7 Å². The molecule has 0 saturated carbocycles. The Bertz CT molecular complexity index is 750. The third kappa shape index (κ3) is 2.81. The Hall–Kier alpha value is -2.75. The second kappa shape index (κ2) is 6.35. The van der Waals surface area contributed by atoms with E-state index < -0.39 is 0 Å². The Kier molecular flexibility index (Phi) is 4.10. The molecule has 0 fully saturated rings. The fraction of sp³-hybridized carbons (Fsp3) is 0.167. The minimum atomic E-state index is -0.327. The lowest BCUT2D eigenvalue weighted by atomic mass is 10.0. The van der Waals surface area contributed by atoms with E-state index in [1.165, 1.54) is 0 Å². The van der Waals surface area contributed by atoms with E-state index in [-0.39, 0.29) is 11.8 Å². The molecule has 3 aromatic rings. The maximum atomic E-state index is 12.6. The van der Waals surface area contributed by atoms with Gasteiger partial charge in [0, 0.05) is 11.1 Å². The molecule has 2 aromatic carbocycles. The summed E-state index contributed by atoms with van der Waals surface area (Å²) in [7, 11) is 0. The number of hydrogen-bond acceptors (Lipinski definition) is 3. The molecule has 0 radical (unpaired) electrons. The second-order valence-corrected chi connectivity index (χ2v) is 5.10. The second-order valence-electron chi connectivity index (χ2n) is 5.10. The molecule has 4 nitrogen and oxygen atoms in total. The first kappa shape index (κ1) is 14.2. The van der Waals surface area contributed by atoms with E-state index in [0.717, 1.165) is 11.3 Å². The number of carbonyl (C=O) groups is 1. The maximum Gasteiger partial charge on any atom is 0.187 e. The van der Waals surface area contributed by atoms with Crippen LogP contribution < -0.4 is 0 Å². The minimum absolute atomic E-state index is 0.0626. The molecule has 22 heavy (non-hydrogen) atoms. The Morgan fingerprint density at radius 1 is 1.05 bits per heavy atom. The van der Waals surface area contributed by atoms with E-state index in [4.69, 9.17) is 0 Å². The molecule has 1 atom stereocenters. The van der Waals surface area contributed by atoms with Crippen LogP contribution in [0.1, 0.15) is 29.7 Å². The van der Waals surface area contributed by atoms with E-state index in [0.29, 0.717) is 12.0 Å². The quantitative estimate of drug-likeness (QED) is 0.672. The van der Waals surface area contributed by atoms with Crippen molar-refractivity contribution in [2.75, 3.05) is 0 Å². The fourth-order valence-electron chi connectivity index (χ4n) is 2.46. The molecular formula is C18H17N3O. The molecule has 3 rings (SSSR count). The molecule has 0 amide bonds. The molecule has 0 N–H and O–H groups in total. The number of ketones is 1. The fourth-order valence-corrected chi connectivity index (χ4v) is 2.46. The van der Waals surface area contributed by atoms with Gasteiger partial charge in [-0.25, -0.2) is 4.68 Å². The van der Waals surface area contributed by atoms with Gasteiger partial charge in [-0.3, -0.25) is 4.79 Å². The van der Waals surface area contributed by atoms with Gasteiger partial charge in [-0.2, -0.15) is 0 Å². The summed E-state index contributed by atoms with van der Waals surface area (Å²) in [4.78, 5) is 12.6. The third-order valence-corrected chi connectivity index (χ3v) is 3.65. The highest BCUT2D eigenvalue weighted by Crippen LogP contribution is 2.21. The maximum absolute atomic E-state index is 12.6. The monoisotopic (exact) mass is 291 g/mol. The summed E-state index contributed by atoms with van der Waals surface area (Å²) in [6, 6.07) is 18.8. The molecule has 110 valence electrons. The number of Topliss-reactive ketones (excluding diaryl/α,β-unsaturated/α-hetero) is 1. The number of nitrogens with zero attached hydrogens (tertiary/aromatic N) is 3. The van der Waals surface area contributed by atoms with Crippen molar-refractivity contribution in [2.45, 2.75) is 19.4 Å². The van der Waals surface area contributed by atoms with Crippen molar-refractivity contribution in [1.82, 2.24) is 15.0 Å². The third-order valence-electron chi connectivity index (χ3n) is 3.65. The molecule has 0 bridgehead atoms. The largest absolute Gasteiger partial charge is 0.292 e. The highest BCUT2D eigenvalue weighted by atomic mass is 16.1. The van der Waals surface area contributed by atoms with Crippen molar-refractivity contribution < 1.29 is 4.79 Å². The lowest BCUT2D eigenvalue weighted by molar-refractivity contribution is 0.0913. The van der Waals surface area contributed by atoms with Crippen molar-refractivity contribution in [3.8, 4) is 11.3 Å². The number of carbonyl (C=O) groups excluding carboxylic acids is 1. The van der Waals surface area contributed by atoms with Gasteiger partial charge in [-0.1, -0.05) is 72.8 Å². The predicted octanol–water partition coefficient (Wildman–Crippen LogP) is 3.78. The van der Waals surface area contributed by atoms with Crippen molar-refractivity contribution in [3.05, 3.63) is 72.4 Å². The molecule has 0 saturated heterocycles. The minimum Gasteiger partial charge on any atom is -0.292 e. The summed E-state index contributed by atoms with van der Waals surface area (Å²) in [5, 5.41) is 8.35. The van der Waals surface area contributed by atoms with Gasteiger partial charge in [-0.05, 0) is 6.42 Å². The Labute approximate surface area is 129 Å². The molecule has 1 heterocycles. The van der Waals surface area contributed by atoms with Crippen molar-refractivity contribution in [2.24, 2.45) is 0 Å². The number of aromatic nitrogens is 3. The highest BCUT2D eigenvalue weighted by Gasteiger charge is 2.21. The molecule has 0 aliphatic carbocycles. The van der Waals surface area contributed by atoms with Crippen LogP contribution in [0, 0.1) is 0 Å². The zero-order valence-electron chi connectivity index (χ0n) is 12.4. The summed E-state index contributed by atoms with van der Waals surface area (Å²) in [6.07, 6.45) is 2.51. The Morgan fingerprint density at radius 3 is 2.32 bits per heavy atom. The van der Waals surface area contributed by atoms with E-state index in [1.807, 2.05) is 73.8 Å². The zero-order valence-corrected chi connectivity index (χ0v) is 12.4. The van der Waals surface area contributed by atoms with Crippen molar-refractivity contribution in [3.63, 3.8) is 0 Å². The normalized spacial score (nSPS) is 12.0. The first-order valence-corrected chi connectivity index (χ1v) is 7.36. The first-order chi connectivity index (χ1) is 10.8. The lowest BCUT2D eigenvalue weighted by Crippen LogP contribution is -2.19. The van der Waals surface area contributed by atoms with E-state index in [2.05, 4.69) is 10.3 Å². The van der Waals surface area contributed by atoms with Crippen molar-refractivity contribution >= 4 is 5.78 Å². The van der Waals surface area contributed by atoms with Gasteiger partial charge in [-0.15, -0.1) is 5.10 Å². The summed E-state index contributed by atoms with van der Waals surface area (Å²) in [5.41, 5.74) is 2.47. The SMILES string of the molecule is CCC(C(=O)c1ccccc1)n1cc(-c2ccccc2)nn1. The number of benzene rings is 2. The molecule has 1 unspecified atom stereocenters. The summed E-state index contributed by atoms with van der Waals surface area (Å²) in [5.74, 6) is 0.0626. The van der Waals surface area contributed by atoms with Crippen LogP contribution in [-0.2, 0) is 0 Å². The summed E-state index contributed by atoms with van der Waals surface area (Å²) >= 11 is 0. The molecule has 0 aliphatic heterocycles. The van der Waals surface area contributed by atoms with Crippen LogP contribution in [0.2, 0.25) is 0 Å². The summed E-state index contributed by atoms with van der Waals surface area (Å²) in [6.45, 7) is 1.98. The van der Waals surface area contributed by atoms with E-state index >= 15 is 0 Å². The van der Waals surface area contributed by atoms with Crippen LogP contribution >= 0.6 is 0 Å². The Morgan fingerprint density at radius 2 is 1.68 bits per heavy atom. The average Bonchev–Trinajstić information content (AvgIpc) is 3.07. The molecule has 1 aromatic heterocycles. The van der Waals surface area contributed by atoms with Gasteiger partial charge >= 0.3 is 0 Å². The standard InChI is InChI=1S/C18H17N3O/c1-2-17(18(22)15-11-7-4-8-12-15)21-13-16(19-20-21)14-9-5-3-6-10-14/h3-13,17H,2H2,1H3. The molecular weight excluding hydrogens is 274 g/mol. The van der Waals surface area contributed by atoms with E-state index in [1.54, 1.807) is 4.68 Å². The van der Waals surface area contributed by atoms with Crippen molar-refractivity contribution in [1.29, 1.82) is 0 Å². The average molecular weight is 291 g/mol. The zero-order chi connectivity index (χ0) is 15.4. The Balaban J connectivity index is 1.89. The van der Waals surface area contributed by atoms with Gasteiger partial charge in [0.25, 0.3) is 0 Å². The topological polar surface area (TPSA) is 47.8 Å². The smallest absolute Gasteiger partial charge is 0.187 e. The van der Waals surface area contributed by atoms with Crippen LogP contribution in [0.25, 0.3) is 11.3 Å². The lowest BCUT2D eigenvalue weighted by Gasteiger charge is -2.13. The van der Waals surface area contributed by atoms with Crippen LogP contribution in [0.15, 0.2) is 66.9 Å². The number of rotatable bonds is 5.